The summed E-state index contributed by atoms with van der Waals surface area (Å²) in [5.74, 6) is 0.667. The summed E-state index contributed by atoms with van der Waals surface area (Å²) in [6.07, 6.45) is 1.91. The molecular formula is C17H20N2O4S. The van der Waals surface area contributed by atoms with E-state index in [-0.39, 0.29) is 24.7 Å². The van der Waals surface area contributed by atoms with Crippen molar-refractivity contribution in [1.82, 2.24) is 9.88 Å². The Morgan fingerprint density at radius 1 is 1.42 bits per heavy atom. The average Bonchev–Trinajstić information content (AvgIpc) is 3.18. The Kier molecular flexibility index (Phi) is 4.99. The van der Waals surface area contributed by atoms with Crippen molar-refractivity contribution >= 4 is 23.2 Å². The van der Waals surface area contributed by atoms with E-state index in [0.717, 1.165) is 17.7 Å². The normalized spacial score (nSPS) is 15.6. The third-order valence-electron chi connectivity index (χ3n) is 4.37. The van der Waals surface area contributed by atoms with E-state index in [4.69, 9.17) is 9.52 Å². The molecular weight excluding hydrogens is 328 g/mol. The van der Waals surface area contributed by atoms with Crippen molar-refractivity contribution in [3.05, 3.63) is 29.0 Å². The lowest BCUT2D eigenvalue weighted by Crippen LogP contribution is -2.39. The first-order valence-electron chi connectivity index (χ1n) is 8.02. The van der Waals surface area contributed by atoms with E-state index in [2.05, 4.69) is 4.98 Å². The summed E-state index contributed by atoms with van der Waals surface area (Å²) in [6, 6.07) is 3.88. The number of carbonyl (C=O) groups is 2. The lowest BCUT2D eigenvalue weighted by molar-refractivity contribution is -0.138. The molecule has 7 heteroatoms. The van der Waals surface area contributed by atoms with Crippen LogP contribution in [0.15, 0.2) is 21.9 Å². The number of hydrogen-bond donors (Lipinski definition) is 1. The fourth-order valence-electron chi connectivity index (χ4n) is 2.99. The first kappa shape index (κ1) is 16.7. The molecule has 3 rings (SSSR count). The van der Waals surface area contributed by atoms with Gasteiger partial charge in [0.2, 0.25) is 11.8 Å². The summed E-state index contributed by atoms with van der Waals surface area (Å²) in [4.78, 5) is 30.5. The first-order valence-corrected chi connectivity index (χ1v) is 8.90. The largest absolute Gasteiger partial charge is 0.481 e. The standard InChI is InChI=1S/C17H20N2O4S/c1-11-13(18-17(23-11)14-3-2-8-24-14)10-15(20)19-6-4-12(5-7-19)9-16(21)22/h2-3,8,12H,4-7,9-10H2,1H3,(H,21,22). The van der Waals surface area contributed by atoms with Crippen LogP contribution in [0, 0.1) is 12.8 Å². The monoisotopic (exact) mass is 348 g/mol. The van der Waals surface area contributed by atoms with Crippen LogP contribution in [0.1, 0.15) is 30.7 Å². The number of carboxylic acid groups (broad SMARTS) is 1. The third-order valence-corrected chi connectivity index (χ3v) is 5.23. The molecule has 24 heavy (non-hydrogen) atoms. The summed E-state index contributed by atoms with van der Waals surface area (Å²) in [6.45, 7) is 3.06. The van der Waals surface area contributed by atoms with Crippen molar-refractivity contribution in [3.63, 3.8) is 0 Å². The van der Waals surface area contributed by atoms with Gasteiger partial charge in [0.1, 0.15) is 5.76 Å². The molecule has 0 bridgehead atoms. The van der Waals surface area contributed by atoms with Gasteiger partial charge in [-0.05, 0) is 37.1 Å². The maximum atomic E-state index is 12.5. The topological polar surface area (TPSA) is 83.6 Å². The fraction of sp³-hybridized carbons (Fsp3) is 0.471. The Bertz CT molecular complexity index is 715. The van der Waals surface area contributed by atoms with Gasteiger partial charge >= 0.3 is 5.97 Å². The Balaban J connectivity index is 1.59. The Hall–Kier alpha value is -2.15. The SMILES string of the molecule is Cc1oc(-c2cccs2)nc1CC(=O)N1CCC(CC(=O)O)CC1. The molecule has 1 N–H and O–H groups in total. The molecule has 0 aliphatic carbocycles. The second-order valence-electron chi connectivity index (χ2n) is 6.10. The zero-order valence-corrected chi connectivity index (χ0v) is 14.3. The fourth-order valence-corrected chi connectivity index (χ4v) is 3.64. The number of carbonyl (C=O) groups excluding carboxylic acids is 1. The van der Waals surface area contributed by atoms with Crippen molar-refractivity contribution in [2.75, 3.05) is 13.1 Å². The van der Waals surface area contributed by atoms with Gasteiger partial charge in [0.15, 0.2) is 0 Å². The highest BCUT2D eigenvalue weighted by Crippen LogP contribution is 2.27. The van der Waals surface area contributed by atoms with Gasteiger partial charge in [-0.25, -0.2) is 4.98 Å². The molecule has 0 radical (unpaired) electrons. The van der Waals surface area contributed by atoms with E-state index in [0.29, 0.717) is 30.4 Å². The molecule has 0 spiro atoms. The number of amides is 1. The minimum absolute atomic E-state index is 0.0258. The molecule has 0 atom stereocenters. The molecule has 1 amide bonds. The smallest absolute Gasteiger partial charge is 0.303 e. The zero-order valence-electron chi connectivity index (χ0n) is 13.5. The summed E-state index contributed by atoms with van der Waals surface area (Å²) in [7, 11) is 0. The lowest BCUT2D eigenvalue weighted by atomic mass is 9.93. The maximum absolute atomic E-state index is 12.5. The zero-order chi connectivity index (χ0) is 17.1. The molecule has 128 valence electrons. The van der Waals surface area contributed by atoms with Crippen LogP contribution in [-0.2, 0) is 16.0 Å². The predicted octanol–water partition coefficient (Wildman–Crippen LogP) is 2.97. The lowest BCUT2D eigenvalue weighted by Gasteiger charge is -2.31. The van der Waals surface area contributed by atoms with Crippen molar-refractivity contribution < 1.29 is 19.1 Å². The van der Waals surface area contributed by atoms with Crippen molar-refractivity contribution in [2.45, 2.75) is 32.6 Å². The van der Waals surface area contributed by atoms with E-state index in [1.807, 2.05) is 24.4 Å². The van der Waals surface area contributed by atoms with Crippen molar-refractivity contribution in [2.24, 2.45) is 5.92 Å². The molecule has 0 saturated carbocycles. The number of aliphatic carboxylic acids is 1. The van der Waals surface area contributed by atoms with Gasteiger partial charge in [0.05, 0.1) is 17.0 Å². The predicted molar refractivity (Wildman–Crippen MR) is 89.8 cm³/mol. The van der Waals surface area contributed by atoms with E-state index < -0.39 is 5.97 Å². The second kappa shape index (κ2) is 7.17. The first-order chi connectivity index (χ1) is 11.5. The van der Waals surface area contributed by atoms with Gasteiger partial charge in [-0.1, -0.05) is 6.07 Å². The number of aromatic nitrogens is 1. The van der Waals surface area contributed by atoms with E-state index in [1.165, 1.54) is 0 Å². The molecule has 2 aromatic rings. The highest BCUT2D eigenvalue weighted by Gasteiger charge is 2.25. The number of rotatable bonds is 5. The van der Waals surface area contributed by atoms with Gasteiger partial charge in [-0.15, -0.1) is 11.3 Å². The number of hydrogen-bond acceptors (Lipinski definition) is 5. The summed E-state index contributed by atoms with van der Waals surface area (Å²) in [5.41, 5.74) is 0.677. The van der Waals surface area contributed by atoms with Crippen molar-refractivity contribution in [3.8, 4) is 10.8 Å². The Morgan fingerprint density at radius 3 is 2.79 bits per heavy atom. The molecule has 6 nitrogen and oxygen atoms in total. The van der Waals surface area contributed by atoms with Gasteiger partial charge in [-0.3, -0.25) is 9.59 Å². The number of thiophene rings is 1. The summed E-state index contributed by atoms with van der Waals surface area (Å²) < 4.78 is 5.67. The van der Waals surface area contributed by atoms with Crippen LogP contribution in [0.4, 0.5) is 0 Å². The van der Waals surface area contributed by atoms with Crippen LogP contribution in [0.5, 0.6) is 0 Å². The number of likely N-dealkylation sites (tertiary alicyclic amines) is 1. The number of nitrogens with zero attached hydrogens (tertiary/aromatic N) is 2. The molecule has 0 aromatic carbocycles. The molecule has 1 saturated heterocycles. The average molecular weight is 348 g/mol. The number of piperidine rings is 1. The minimum atomic E-state index is -0.765. The molecule has 3 heterocycles. The van der Waals surface area contributed by atoms with Crippen LogP contribution in [-0.4, -0.2) is 40.0 Å². The number of aryl methyl sites for hydroxylation is 1. The number of oxazole rings is 1. The van der Waals surface area contributed by atoms with E-state index in [9.17, 15) is 9.59 Å². The molecule has 1 aliphatic rings. The minimum Gasteiger partial charge on any atom is -0.481 e. The maximum Gasteiger partial charge on any atom is 0.303 e. The molecule has 1 aliphatic heterocycles. The number of carboxylic acids is 1. The summed E-state index contributed by atoms with van der Waals surface area (Å²) >= 11 is 1.55. The van der Waals surface area contributed by atoms with Gasteiger partial charge in [0, 0.05) is 19.5 Å². The van der Waals surface area contributed by atoms with Gasteiger partial charge < -0.3 is 14.4 Å². The Morgan fingerprint density at radius 2 is 2.17 bits per heavy atom. The molecule has 2 aromatic heterocycles. The highest BCUT2D eigenvalue weighted by molar-refractivity contribution is 7.13. The molecule has 1 fully saturated rings. The van der Waals surface area contributed by atoms with Gasteiger partial charge in [-0.2, -0.15) is 0 Å². The van der Waals surface area contributed by atoms with Crippen LogP contribution < -0.4 is 0 Å². The molecule has 0 unspecified atom stereocenters. The van der Waals surface area contributed by atoms with Gasteiger partial charge in [0.25, 0.3) is 0 Å². The highest BCUT2D eigenvalue weighted by atomic mass is 32.1. The van der Waals surface area contributed by atoms with E-state index in [1.54, 1.807) is 16.2 Å². The Labute approximate surface area is 144 Å². The van der Waals surface area contributed by atoms with Crippen LogP contribution in [0.3, 0.4) is 0 Å². The quantitative estimate of drug-likeness (QED) is 0.898. The second-order valence-corrected chi connectivity index (χ2v) is 7.05. The third kappa shape index (κ3) is 3.84. The van der Waals surface area contributed by atoms with Crippen LogP contribution in [0.25, 0.3) is 10.8 Å². The van der Waals surface area contributed by atoms with Crippen LogP contribution >= 0.6 is 11.3 Å². The van der Waals surface area contributed by atoms with Crippen LogP contribution in [0.2, 0.25) is 0 Å². The summed E-state index contributed by atoms with van der Waals surface area (Å²) in [5, 5.41) is 10.8. The van der Waals surface area contributed by atoms with Crippen molar-refractivity contribution in [1.29, 1.82) is 0 Å². The van der Waals surface area contributed by atoms with E-state index >= 15 is 0 Å².